The third-order valence-electron chi connectivity index (χ3n) is 3.65. The Balaban J connectivity index is 1.57. The second-order valence-corrected chi connectivity index (χ2v) is 6.75. The van der Waals surface area contributed by atoms with Crippen molar-refractivity contribution in [1.82, 2.24) is 10.3 Å². The normalized spacial score (nSPS) is 10.8. The van der Waals surface area contributed by atoms with Gasteiger partial charge in [-0.2, -0.15) is 8.78 Å². The van der Waals surface area contributed by atoms with Crippen LogP contribution in [0.1, 0.15) is 17.3 Å². The Morgan fingerprint density at radius 3 is 2.76 bits per heavy atom. The van der Waals surface area contributed by atoms with E-state index in [0.29, 0.717) is 23.0 Å². The number of halogens is 2. The molecular formula is C19H17F2N3O4S. The molecule has 0 saturated heterocycles. The molecule has 3 aromatic rings. The number of thiazole rings is 1. The zero-order valence-corrected chi connectivity index (χ0v) is 16.1. The Morgan fingerprint density at radius 1 is 1.17 bits per heavy atom. The summed E-state index contributed by atoms with van der Waals surface area (Å²) in [5, 5.41) is 5.43. The van der Waals surface area contributed by atoms with Gasteiger partial charge in [-0.15, -0.1) is 0 Å². The molecule has 2 aromatic carbocycles. The van der Waals surface area contributed by atoms with E-state index in [4.69, 9.17) is 4.74 Å². The molecule has 0 unspecified atom stereocenters. The van der Waals surface area contributed by atoms with Crippen LogP contribution in [-0.2, 0) is 4.79 Å². The molecule has 2 amide bonds. The summed E-state index contributed by atoms with van der Waals surface area (Å²) in [5.74, 6) is -0.488. The maximum atomic E-state index is 12.3. The van der Waals surface area contributed by atoms with Crippen molar-refractivity contribution in [2.45, 2.75) is 13.5 Å². The number of rotatable bonds is 8. The van der Waals surface area contributed by atoms with Gasteiger partial charge in [0.15, 0.2) is 5.13 Å². The van der Waals surface area contributed by atoms with Gasteiger partial charge < -0.3 is 20.1 Å². The Labute approximate surface area is 168 Å². The second kappa shape index (κ2) is 9.28. The van der Waals surface area contributed by atoms with E-state index >= 15 is 0 Å². The van der Waals surface area contributed by atoms with Crippen molar-refractivity contribution in [3.05, 3.63) is 48.0 Å². The third kappa shape index (κ3) is 5.61. The van der Waals surface area contributed by atoms with Crippen molar-refractivity contribution < 1.29 is 27.8 Å². The van der Waals surface area contributed by atoms with Gasteiger partial charge in [0.1, 0.15) is 11.5 Å². The summed E-state index contributed by atoms with van der Waals surface area (Å²) >= 11 is 1.28. The highest BCUT2D eigenvalue weighted by atomic mass is 32.1. The first-order valence-corrected chi connectivity index (χ1v) is 9.42. The molecule has 0 aliphatic heterocycles. The largest absolute Gasteiger partial charge is 0.494 e. The van der Waals surface area contributed by atoms with Crippen LogP contribution in [0.3, 0.4) is 0 Å². The van der Waals surface area contributed by atoms with E-state index in [-0.39, 0.29) is 17.9 Å². The van der Waals surface area contributed by atoms with Crippen LogP contribution in [0.5, 0.6) is 11.5 Å². The lowest BCUT2D eigenvalue weighted by atomic mass is 10.2. The molecule has 29 heavy (non-hydrogen) atoms. The molecule has 0 spiro atoms. The van der Waals surface area contributed by atoms with Gasteiger partial charge in [-0.3, -0.25) is 9.59 Å². The van der Waals surface area contributed by atoms with E-state index < -0.39 is 18.4 Å². The number of nitrogens with one attached hydrogen (secondary N) is 2. The monoisotopic (exact) mass is 421 g/mol. The van der Waals surface area contributed by atoms with Crippen molar-refractivity contribution in [3.63, 3.8) is 0 Å². The number of benzene rings is 2. The first-order chi connectivity index (χ1) is 13.9. The molecule has 152 valence electrons. The number of aromatic nitrogens is 1. The number of carbonyl (C=O) groups is 2. The zero-order chi connectivity index (χ0) is 20.8. The number of anilines is 1. The number of ether oxygens (including phenoxy) is 2. The predicted octanol–water partition coefficient (Wildman–Crippen LogP) is 3.66. The summed E-state index contributed by atoms with van der Waals surface area (Å²) in [5.41, 5.74) is 0.813. The molecule has 7 nitrogen and oxygen atoms in total. The first kappa shape index (κ1) is 20.5. The van der Waals surface area contributed by atoms with E-state index in [9.17, 15) is 18.4 Å². The zero-order valence-electron chi connectivity index (χ0n) is 15.3. The molecule has 1 heterocycles. The SMILES string of the molecule is CCOc1ccc2nc(NC(=O)CNC(=O)c3cccc(OC(F)F)c3)sc2c1. The molecule has 3 rings (SSSR count). The number of nitrogens with zero attached hydrogens (tertiary/aromatic N) is 1. The maximum Gasteiger partial charge on any atom is 0.387 e. The fourth-order valence-electron chi connectivity index (χ4n) is 2.45. The predicted molar refractivity (Wildman–Crippen MR) is 105 cm³/mol. The third-order valence-corrected chi connectivity index (χ3v) is 4.58. The van der Waals surface area contributed by atoms with Crippen LogP contribution in [0.2, 0.25) is 0 Å². The van der Waals surface area contributed by atoms with Gasteiger partial charge in [0, 0.05) is 5.56 Å². The van der Waals surface area contributed by atoms with Crippen molar-refractivity contribution in [2.75, 3.05) is 18.5 Å². The Kier molecular flexibility index (Phi) is 6.55. The average Bonchev–Trinajstić information content (AvgIpc) is 3.07. The van der Waals surface area contributed by atoms with E-state index in [1.165, 1.54) is 35.6 Å². The molecular weight excluding hydrogens is 404 g/mol. The summed E-state index contributed by atoms with van der Waals surface area (Å²) < 4.78 is 35.1. The minimum absolute atomic E-state index is 0.0967. The van der Waals surface area contributed by atoms with Crippen LogP contribution in [0.25, 0.3) is 10.2 Å². The lowest BCUT2D eigenvalue weighted by Crippen LogP contribution is -2.32. The summed E-state index contributed by atoms with van der Waals surface area (Å²) in [6.45, 7) is -0.861. The summed E-state index contributed by atoms with van der Waals surface area (Å²) in [7, 11) is 0. The average molecular weight is 421 g/mol. The fourth-order valence-corrected chi connectivity index (χ4v) is 3.36. The van der Waals surface area contributed by atoms with E-state index in [0.717, 1.165) is 4.70 Å². The molecule has 0 aliphatic rings. The molecule has 0 radical (unpaired) electrons. The van der Waals surface area contributed by atoms with Crippen LogP contribution in [0, 0.1) is 0 Å². The molecule has 0 bridgehead atoms. The molecule has 0 fully saturated rings. The topological polar surface area (TPSA) is 89.5 Å². The summed E-state index contributed by atoms with van der Waals surface area (Å²) in [4.78, 5) is 28.5. The summed E-state index contributed by atoms with van der Waals surface area (Å²) in [6.07, 6.45) is 0. The highest BCUT2D eigenvalue weighted by Crippen LogP contribution is 2.29. The van der Waals surface area contributed by atoms with Crippen LogP contribution in [0.15, 0.2) is 42.5 Å². The quantitative estimate of drug-likeness (QED) is 0.579. The Morgan fingerprint density at radius 2 is 2.00 bits per heavy atom. The number of fused-ring (bicyclic) bond motifs is 1. The highest BCUT2D eigenvalue weighted by Gasteiger charge is 2.13. The van der Waals surface area contributed by atoms with E-state index in [2.05, 4.69) is 20.4 Å². The van der Waals surface area contributed by atoms with Gasteiger partial charge >= 0.3 is 6.61 Å². The minimum atomic E-state index is -2.99. The van der Waals surface area contributed by atoms with Gasteiger partial charge in [0.2, 0.25) is 5.91 Å². The molecule has 10 heteroatoms. The molecule has 2 N–H and O–H groups in total. The van der Waals surface area contributed by atoms with Gasteiger partial charge in [-0.1, -0.05) is 17.4 Å². The Bertz CT molecular complexity index is 1030. The van der Waals surface area contributed by atoms with Crippen LogP contribution < -0.4 is 20.1 Å². The van der Waals surface area contributed by atoms with Crippen LogP contribution >= 0.6 is 11.3 Å². The first-order valence-electron chi connectivity index (χ1n) is 8.61. The van der Waals surface area contributed by atoms with Crippen molar-refractivity contribution >= 4 is 38.5 Å². The molecule has 1 aromatic heterocycles. The summed E-state index contributed by atoms with van der Waals surface area (Å²) in [6, 6.07) is 10.7. The van der Waals surface area contributed by atoms with Gasteiger partial charge in [-0.25, -0.2) is 4.98 Å². The highest BCUT2D eigenvalue weighted by molar-refractivity contribution is 7.22. The van der Waals surface area contributed by atoms with Crippen molar-refractivity contribution in [3.8, 4) is 11.5 Å². The Hall–Kier alpha value is -3.27. The molecule has 0 saturated carbocycles. The number of carbonyl (C=O) groups excluding carboxylic acids is 2. The maximum absolute atomic E-state index is 12.3. The number of hydrogen-bond donors (Lipinski definition) is 2. The number of alkyl halides is 2. The second-order valence-electron chi connectivity index (χ2n) is 5.72. The number of amides is 2. The molecule has 0 atom stereocenters. The number of hydrogen-bond acceptors (Lipinski definition) is 6. The van der Waals surface area contributed by atoms with Gasteiger partial charge in [-0.05, 0) is 43.3 Å². The van der Waals surface area contributed by atoms with E-state index in [1.807, 2.05) is 13.0 Å². The fraction of sp³-hybridized carbons (Fsp3) is 0.211. The standard InChI is InChI=1S/C19H17F2N3O4S/c1-2-27-12-6-7-14-15(9-12)29-19(23-14)24-16(25)10-22-17(26)11-4-3-5-13(8-11)28-18(20)21/h3-9,18H,2,10H2,1H3,(H,22,26)(H,23,24,25). The van der Waals surface area contributed by atoms with Crippen LogP contribution in [0.4, 0.5) is 13.9 Å². The molecule has 0 aliphatic carbocycles. The lowest BCUT2D eigenvalue weighted by molar-refractivity contribution is -0.115. The van der Waals surface area contributed by atoms with Crippen molar-refractivity contribution in [2.24, 2.45) is 0 Å². The minimum Gasteiger partial charge on any atom is -0.494 e. The smallest absolute Gasteiger partial charge is 0.387 e. The van der Waals surface area contributed by atoms with Gasteiger partial charge in [0.25, 0.3) is 5.91 Å². The van der Waals surface area contributed by atoms with Crippen LogP contribution in [-0.4, -0.2) is 36.6 Å². The van der Waals surface area contributed by atoms with E-state index in [1.54, 1.807) is 12.1 Å². The van der Waals surface area contributed by atoms with Gasteiger partial charge in [0.05, 0.1) is 23.4 Å². The lowest BCUT2D eigenvalue weighted by Gasteiger charge is -2.07. The van der Waals surface area contributed by atoms with Crippen molar-refractivity contribution in [1.29, 1.82) is 0 Å².